The summed E-state index contributed by atoms with van der Waals surface area (Å²) in [6, 6.07) is 5.55. The minimum Gasteiger partial charge on any atom is -0.297 e. The van der Waals surface area contributed by atoms with E-state index in [9.17, 15) is 27.6 Å². The molecule has 0 spiro atoms. The molecule has 5 nitrogen and oxygen atoms in total. The van der Waals surface area contributed by atoms with Crippen molar-refractivity contribution in [3.05, 3.63) is 62.1 Å². The molecule has 0 N–H and O–H groups in total. The molecule has 2 aromatic heterocycles. The molecule has 1 aromatic carbocycles. The van der Waals surface area contributed by atoms with Gasteiger partial charge in [0.1, 0.15) is 4.70 Å². The fourth-order valence-corrected chi connectivity index (χ4v) is 3.49. The van der Waals surface area contributed by atoms with Crippen molar-refractivity contribution in [2.24, 2.45) is 5.41 Å². The van der Waals surface area contributed by atoms with Gasteiger partial charge in [0.15, 0.2) is 5.78 Å². The highest BCUT2D eigenvalue weighted by Gasteiger charge is 2.31. The van der Waals surface area contributed by atoms with Crippen LogP contribution in [0.5, 0.6) is 0 Å². The van der Waals surface area contributed by atoms with Gasteiger partial charge in [0.05, 0.1) is 23.3 Å². The lowest BCUT2D eigenvalue weighted by Crippen LogP contribution is -2.41. The van der Waals surface area contributed by atoms with Gasteiger partial charge in [0, 0.05) is 5.41 Å². The molecule has 0 atom stereocenters. The summed E-state index contributed by atoms with van der Waals surface area (Å²) in [5.74, 6) is -0.239. The number of alkyl halides is 3. The number of hydrogen-bond acceptors (Lipinski definition) is 4. The number of Topliss-reactive ketones (excluding diaryl/α,β-unsaturated/α-hetero) is 1. The van der Waals surface area contributed by atoms with E-state index >= 15 is 0 Å². The Labute approximate surface area is 161 Å². The van der Waals surface area contributed by atoms with Crippen molar-refractivity contribution in [2.75, 3.05) is 0 Å². The normalized spacial score (nSPS) is 12.5. The van der Waals surface area contributed by atoms with E-state index in [2.05, 4.69) is 0 Å². The van der Waals surface area contributed by atoms with Crippen molar-refractivity contribution in [3.63, 3.8) is 0 Å². The third-order valence-electron chi connectivity index (χ3n) is 4.32. The molecule has 148 valence electrons. The van der Waals surface area contributed by atoms with Crippen molar-refractivity contribution in [1.29, 1.82) is 0 Å². The van der Waals surface area contributed by atoms with Gasteiger partial charge in [-0.1, -0.05) is 26.8 Å². The third-order valence-corrected chi connectivity index (χ3v) is 5.22. The summed E-state index contributed by atoms with van der Waals surface area (Å²) in [6.07, 6.45) is -4.62. The predicted octanol–water partition coefficient (Wildman–Crippen LogP) is 3.85. The van der Waals surface area contributed by atoms with Crippen molar-refractivity contribution < 1.29 is 18.0 Å². The lowest BCUT2D eigenvalue weighted by molar-refractivity contribution is -0.137. The second-order valence-corrected chi connectivity index (χ2v) is 8.28. The molecule has 0 saturated heterocycles. The van der Waals surface area contributed by atoms with Crippen LogP contribution in [0.25, 0.3) is 15.9 Å². The van der Waals surface area contributed by atoms with E-state index in [1.54, 1.807) is 32.2 Å². The molecule has 0 aliphatic heterocycles. The van der Waals surface area contributed by atoms with Gasteiger partial charge in [-0.2, -0.15) is 13.2 Å². The van der Waals surface area contributed by atoms with E-state index in [0.717, 1.165) is 34.1 Å². The van der Waals surface area contributed by atoms with Crippen LogP contribution in [0.2, 0.25) is 0 Å². The van der Waals surface area contributed by atoms with Crippen LogP contribution in [0.4, 0.5) is 13.2 Å². The van der Waals surface area contributed by atoms with Crippen molar-refractivity contribution in [3.8, 4) is 5.69 Å². The molecule has 3 rings (SSSR count). The summed E-state index contributed by atoms with van der Waals surface area (Å²) in [7, 11) is 0. The number of aromatic nitrogens is 2. The smallest absolute Gasteiger partial charge is 0.297 e. The molecule has 28 heavy (non-hydrogen) atoms. The summed E-state index contributed by atoms with van der Waals surface area (Å²) in [5, 5.41) is 1.60. The first-order valence-electron chi connectivity index (χ1n) is 8.35. The van der Waals surface area contributed by atoms with Crippen molar-refractivity contribution >= 4 is 27.3 Å². The fraction of sp³-hybridized carbons (Fsp3) is 0.316. The molecule has 0 fully saturated rings. The Balaban J connectivity index is 2.30. The predicted molar refractivity (Wildman–Crippen MR) is 101 cm³/mol. The second kappa shape index (κ2) is 6.73. The number of hydrogen-bond donors (Lipinski definition) is 0. The minimum atomic E-state index is -4.62. The first-order chi connectivity index (χ1) is 12.9. The summed E-state index contributed by atoms with van der Waals surface area (Å²) < 4.78 is 41.2. The van der Waals surface area contributed by atoms with Crippen LogP contribution >= 0.6 is 11.3 Å². The molecule has 0 aliphatic carbocycles. The van der Waals surface area contributed by atoms with Gasteiger partial charge in [-0.05, 0) is 29.6 Å². The zero-order valence-corrected chi connectivity index (χ0v) is 16.1. The average molecular weight is 410 g/mol. The maximum atomic E-state index is 13.1. The Kier molecular flexibility index (Phi) is 4.82. The maximum Gasteiger partial charge on any atom is 0.416 e. The molecular weight excluding hydrogens is 393 g/mol. The molecule has 0 unspecified atom stereocenters. The molecule has 9 heteroatoms. The first-order valence-corrected chi connectivity index (χ1v) is 9.23. The number of nitrogens with zero attached hydrogens (tertiary/aromatic N) is 2. The summed E-state index contributed by atoms with van der Waals surface area (Å²) in [5.41, 5.74) is -3.17. The topological polar surface area (TPSA) is 61.1 Å². The Hall–Kier alpha value is -2.68. The van der Waals surface area contributed by atoms with Crippen LogP contribution in [0, 0.1) is 5.41 Å². The van der Waals surface area contributed by atoms with E-state index in [4.69, 9.17) is 0 Å². The number of halogens is 3. The molecule has 0 amide bonds. The molecule has 0 radical (unpaired) electrons. The van der Waals surface area contributed by atoms with Crippen molar-refractivity contribution in [2.45, 2.75) is 33.5 Å². The van der Waals surface area contributed by atoms with Gasteiger partial charge in [-0.3, -0.25) is 14.2 Å². The Morgan fingerprint density at radius 1 is 1.11 bits per heavy atom. The largest absolute Gasteiger partial charge is 0.416 e. The van der Waals surface area contributed by atoms with E-state index in [-0.39, 0.29) is 22.7 Å². The number of carbonyl (C=O) groups excluding carboxylic acids is 1. The highest BCUT2D eigenvalue weighted by Crippen LogP contribution is 2.30. The van der Waals surface area contributed by atoms with Gasteiger partial charge in [0.25, 0.3) is 5.56 Å². The van der Waals surface area contributed by atoms with Crippen LogP contribution in [0.3, 0.4) is 0 Å². The SMILES string of the molecule is CC(C)(C)C(=O)Cn1c(=O)n(-c2cccc(C(F)(F)F)c2)c(=O)c2sccc21. The number of carbonyl (C=O) groups is 1. The van der Waals surface area contributed by atoms with Crippen LogP contribution < -0.4 is 11.2 Å². The van der Waals surface area contributed by atoms with Gasteiger partial charge in [0.2, 0.25) is 0 Å². The lowest BCUT2D eigenvalue weighted by atomic mass is 9.91. The zero-order valence-electron chi connectivity index (χ0n) is 15.3. The summed E-state index contributed by atoms with van der Waals surface area (Å²) >= 11 is 1.06. The molecular formula is C19H17F3N2O3S. The number of ketones is 1. The van der Waals surface area contributed by atoms with Crippen LogP contribution in [0.1, 0.15) is 26.3 Å². The Bertz CT molecular complexity index is 1180. The number of fused-ring (bicyclic) bond motifs is 1. The Morgan fingerprint density at radius 3 is 2.39 bits per heavy atom. The van der Waals surface area contributed by atoms with E-state index in [1.165, 1.54) is 6.07 Å². The average Bonchev–Trinajstić information content (AvgIpc) is 3.07. The number of rotatable bonds is 3. The number of benzene rings is 1. The van der Waals surface area contributed by atoms with Crippen LogP contribution in [-0.2, 0) is 17.5 Å². The summed E-state index contributed by atoms with van der Waals surface area (Å²) in [4.78, 5) is 38.3. The monoisotopic (exact) mass is 410 g/mol. The second-order valence-electron chi connectivity index (χ2n) is 7.37. The highest BCUT2D eigenvalue weighted by molar-refractivity contribution is 7.17. The standard InChI is InChI=1S/C19H17F3N2O3S/c1-18(2,3)14(25)10-23-13-7-8-28-15(13)16(26)24(17(23)27)12-6-4-5-11(9-12)19(20,21)22/h4-9H,10H2,1-3H3. The van der Waals surface area contributed by atoms with Gasteiger partial charge in [-0.25, -0.2) is 9.36 Å². The first kappa shape index (κ1) is 20.1. The third kappa shape index (κ3) is 3.54. The number of thiophene rings is 1. The highest BCUT2D eigenvalue weighted by atomic mass is 32.1. The van der Waals surface area contributed by atoms with Crippen molar-refractivity contribution in [1.82, 2.24) is 9.13 Å². The van der Waals surface area contributed by atoms with Crippen LogP contribution in [0.15, 0.2) is 45.3 Å². The summed E-state index contributed by atoms with van der Waals surface area (Å²) in [6.45, 7) is 4.82. The van der Waals surface area contributed by atoms with Gasteiger partial charge in [-0.15, -0.1) is 11.3 Å². The molecule has 0 aliphatic rings. The van der Waals surface area contributed by atoms with Gasteiger partial charge >= 0.3 is 11.9 Å². The van der Waals surface area contributed by atoms with E-state index < -0.39 is 28.4 Å². The quantitative estimate of drug-likeness (QED) is 0.659. The zero-order chi connectivity index (χ0) is 20.9. The molecule has 3 aromatic rings. The fourth-order valence-electron chi connectivity index (χ4n) is 2.67. The molecule has 0 bridgehead atoms. The maximum absolute atomic E-state index is 13.1. The van der Waals surface area contributed by atoms with E-state index in [1.807, 2.05) is 0 Å². The minimum absolute atomic E-state index is 0.193. The van der Waals surface area contributed by atoms with Crippen LogP contribution in [-0.4, -0.2) is 14.9 Å². The molecule has 0 saturated carbocycles. The van der Waals surface area contributed by atoms with E-state index in [0.29, 0.717) is 10.1 Å². The molecule has 2 heterocycles. The lowest BCUT2D eigenvalue weighted by Gasteiger charge is -2.19. The van der Waals surface area contributed by atoms with Gasteiger partial charge < -0.3 is 0 Å². The Morgan fingerprint density at radius 2 is 1.79 bits per heavy atom.